The first-order valence-corrected chi connectivity index (χ1v) is 17.2. The van der Waals surface area contributed by atoms with E-state index >= 15 is 4.39 Å². The third-order valence-electron chi connectivity index (χ3n) is 9.78. The van der Waals surface area contributed by atoms with Crippen LogP contribution in [0.2, 0.25) is 0 Å². The number of carbonyl (C=O) groups excluding carboxylic acids is 1. The average Bonchev–Trinajstić information content (AvgIpc) is 3.53. The van der Waals surface area contributed by atoms with Gasteiger partial charge in [0, 0.05) is 30.1 Å². The number of alkyl halides is 6. The van der Waals surface area contributed by atoms with Crippen LogP contribution < -0.4 is 0 Å². The van der Waals surface area contributed by atoms with E-state index in [4.69, 9.17) is 0 Å². The van der Waals surface area contributed by atoms with Crippen LogP contribution in [-0.4, -0.2) is 55.7 Å². The zero-order chi connectivity index (χ0) is 38.4. The summed E-state index contributed by atoms with van der Waals surface area (Å²) in [6.45, 7) is -3.00. The number of benzene rings is 3. The van der Waals surface area contributed by atoms with Gasteiger partial charge >= 0.3 is 18.3 Å². The van der Waals surface area contributed by atoms with Gasteiger partial charge in [0.1, 0.15) is 28.0 Å². The second kappa shape index (κ2) is 14.0. The number of sulfone groups is 1. The van der Waals surface area contributed by atoms with Crippen molar-refractivity contribution in [2.45, 2.75) is 66.3 Å². The summed E-state index contributed by atoms with van der Waals surface area (Å²) in [4.78, 5) is 25.5. The maximum absolute atomic E-state index is 16.0. The topological polar surface area (TPSA) is 101 Å². The molecule has 1 aliphatic heterocycles. The predicted molar refractivity (Wildman–Crippen MR) is 161 cm³/mol. The molecule has 0 radical (unpaired) electrons. The van der Waals surface area contributed by atoms with Gasteiger partial charge in [-0.3, -0.25) is 9.59 Å². The Kier molecular flexibility index (Phi) is 10.5. The van der Waals surface area contributed by atoms with Crippen molar-refractivity contribution < 1.29 is 71.8 Å². The molecule has 3 aromatic carbocycles. The van der Waals surface area contributed by atoms with Gasteiger partial charge in [-0.05, 0) is 80.1 Å². The number of ether oxygens (including phenoxy) is 1. The molecule has 1 saturated heterocycles. The summed E-state index contributed by atoms with van der Waals surface area (Å²) < 4.78 is 176. The number of carboxylic acids is 1. The molecule has 7 nitrogen and oxygen atoms in total. The van der Waals surface area contributed by atoms with Crippen LogP contribution in [0, 0.1) is 35.1 Å². The smallest absolute Gasteiger partial charge is 0.430 e. The number of halogens is 10. The van der Waals surface area contributed by atoms with Gasteiger partial charge in [-0.1, -0.05) is 18.2 Å². The van der Waals surface area contributed by atoms with E-state index in [1.165, 1.54) is 0 Å². The number of amides is 1. The van der Waals surface area contributed by atoms with E-state index < -0.39 is 121 Å². The largest absolute Gasteiger partial charge is 0.481 e. The summed E-state index contributed by atoms with van der Waals surface area (Å²) in [7, 11) is -4.83. The SMILES string of the molecule is O=C(O)[C@H]1CC[C@H](C(=O)N2CC[C@](c3ccc(C(OCc4c(F)cccc4F)(C(F)(F)F)C(F)(F)F)c(F)c3)(S(=O)(=O)c3ccc(F)cc3)C2)CC1. The number of aliphatic carboxylic acids is 1. The first kappa shape index (κ1) is 39.0. The summed E-state index contributed by atoms with van der Waals surface area (Å²) in [5, 5.41) is 9.29. The minimum Gasteiger partial charge on any atom is -0.481 e. The van der Waals surface area contributed by atoms with Crippen LogP contribution in [0.15, 0.2) is 65.6 Å². The van der Waals surface area contributed by atoms with Gasteiger partial charge in [0.25, 0.3) is 5.60 Å². The number of hydrogen-bond acceptors (Lipinski definition) is 5. The molecule has 282 valence electrons. The van der Waals surface area contributed by atoms with E-state index in [2.05, 4.69) is 4.74 Å². The van der Waals surface area contributed by atoms with E-state index in [1.54, 1.807) is 0 Å². The second-order valence-corrected chi connectivity index (χ2v) is 15.0. The average molecular weight is 770 g/mol. The van der Waals surface area contributed by atoms with E-state index in [0.29, 0.717) is 18.2 Å². The monoisotopic (exact) mass is 769 g/mol. The van der Waals surface area contributed by atoms with E-state index in [-0.39, 0.29) is 44.4 Å². The Morgan fingerprint density at radius 2 is 1.37 bits per heavy atom. The molecule has 0 aromatic heterocycles. The van der Waals surface area contributed by atoms with Gasteiger partial charge in [0.05, 0.1) is 17.4 Å². The molecule has 1 saturated carbocycles. The number of hydrogen-bond donors (Lipinski definition) is 1. The Bertz CT molecular complexity index is 1910. The number of carbonyl (C=O) groups is 2. The summed E-state index contributed by atoms with van der Waals surface area (Å²) in [5.74, 6) is -9.24. The summed E-state index contributed by atoms with van der Waals surface area (Å²) >= 11 is 0. The van der Waals surface area contributed by atoms with Crippen LogP contribution in [0.5, 0.6) is 0 Å². The maximum atomic E-state index is 16.0. The Balaban J connectivity index is 1.60. The zero-order valence-electron chi connectivity index (χ0n) is 26.7. The van der Waals surface area contributed by atoms with Crippen molar-refractivity contribution in [3.05, 3.63) is 101 Å². The van der Waals surface area contributed by atoms with Crippen LogP contribution >= 0.6 is 0 Å². The molecule has 3 aromatic rings. The number of likely N-dealkylation sites (tertiary alicyclic amines) is 1. The molecule has 1 heterocycles. The molecule has 18 heteroatoms. The fourth-order valence-corrected chi connectivity index (χ4v) is 8.98. The Hall–Kier alpha value is -4.19. The molecular formula is C34H29F10NO6S. The molecule has 0 unspecified atom stereocenters. The van der Waals surface area contributed by atoms with Crippen molar-refractivity contribution in [3.63, 3.8) is 0 Å². The maximum Gasteiger partial charge on any atom is 0.430 e. The summed E-state index contributed by atoms with van der Waals surface area (Å²) in [6.07, 6.45) is -12.9. The normalized spacial score (nSPS) is 21.7. The first-order chi connectivity index (χ1) is 24.2. The van der Waals surface area contributed by atoms with Crippen LogP contribution in [0.25, 0.3) is 0 Å². The van der Waals surface area contributed by atoms with Crippen molar-refractivity contribution >= 4 is 21.7 Å². The Morgan fingerprint density at radius 3 is 1.88 bits per heavy atom. The highest BCUT2D eigenvalue weighted by Gasteiger charge is 2.74. The molecule has 0 bridgehead atoms. The number of rotatable bonds is 9. The minimum atomic E-state index is -6.50. The van der Waals surface area contributed by atoms with Gasteiger partial charge < -0.3 is 14.7 Å². The standard InChI is InChI=1S/C34H29F10NO6S/c35-22-9-11-23(12-10-22)52(49,50)31(14-15-45(18-31)29(46)19-4-6-20(7-5-19)30(47)48)21-8-13-25(28(38)16-21)32(33(39,40)41,34(42,43)44)51-17-24-26(36)2-1-3-27(24)37/h1-3,8-13,16,19-20H,4-7,14-15,17-18H2,(H,47,48)/t19-,20-,31-/m0/s1. The van der Waals surface area contributed by atoms with Crippen LogP contribution in [0.4, 0.5) is 43.9 Å². The molecular weight excluding hydrogens is 740 g/mol. The molecule has 1 amide bonds. The molecule has 0 spiro atoms. The van der Waals surface area contributed by atoms with E-state index in [0.717, 1.165) is 35.2 Å². The molecule has 52 heavy (non-hydrogen) atoms. The predicted octanol–water partition coefficient (Wildman–Crippen LogP) is 7.57. The van der Waals surface area contributed by atoms with Crippen LogP contribution in [0.3, 0.4) is 0 Å². The quantitative estimate of drug-likeness (QED) is 0.178. The van der Waals surface area contributed by atoms with Crippen molar-refractivity contribution in [2.24, 2.45) is 11.8 Å². The minimum absolute atomic E-state index is 0.0168. The van der Waals surface area contributed by atoms with Crippen molar-refractivity contribution in [1.82, 2.24) is 4.90 Å². The second-order valence-electron chi connectivity index (χ2n) is 12.7. The van der Waals surface area contributed by atoms with Crippen molar-refractivity contribution in [2.75, 3.05) is 13.1 Å². The van der Waals surface area contributed by atoms with Crippen LogP contribution in [0.1, 0.15) is 48.8 Å². The van der Waals surface area contributed by atoms with Gasteiger partial charge in [-0.2, -0.15) is 26.3 Å². The Labute approximate surface area is 290 Å². The zero-order valence-corrected chi connectivity index (χ0v) is 27.5. The lowest BCUT2D eigenvalue weighted by Gasteiger charge is -2.38. The first-order valence-electron chi connectivity index (χ1n) is 15.7. The lowest BCUT2D eigenvalue weighted by atomic mass is 9.81. The summed E-state index contributed by atoms with van der Waals surface area (Å²) in [6, 6.07) is 5.82. The number of carboxylic acid groups (broad SMARTS) is 1. The third kappa shape index (κ3) is 6.74. The van der Waals surface area contributed by atoms with Gasteiger partial charge in [-0.25, -0.2) is 26.0 Å². The summed E-state index contributed by atoms with van der Waals surface area (Å²) in [5.41, 5.74) is -9.66. The third-order valence-corrected chi connectivity index (χ3v) is 12.3. The molecule has 2 aliphatic rings. The molecule has 1 N–H and O–H groups in total. The van der Waals surface area contributed by atoms with Gasteiger partial charge in [0.15, 0.2) is 9.84 Å². The van der Waals surface area contributed by atoms with Gasteiger partial charge in [0.2, 0.25) is 5.91 Å². The molecule has 5 rings (SSSR count). The Morgan fingerprint density at radius 1 is 0.808 bits per heavy atom. The highest BCUT2D eigenvalue weighted by molar-refractivity contribution is 7.92. The molecule has 2 fully saturated rings. The van der Waals surface area contributed by atoms with Crippen molar-refractivity contribution in [1.29, 1.82) is 0 Å². The van der Waals surface area contributed by atoms with E-state index in [9.17, 15) is 62.6 Å². The fraction of sp³-hybridized carbons (Fsp3) is 0.412. The van der Waals surface area contributed by atoms with E-state index in [1.807, 2.05) is 0 Å². The highest BCUT2D eigenvalue weighted by atomic mass is 32.2. The van der Waals surface area contributed by atoms with Crippen LogP contribution in [-0.2, 0) is 41.1 Å². The van der Waals surface area contributed by atoms with Gasteiger partial charge in [-0.15, -0.1) is 0 Å². The lowest BCUT2D eigenvalue weighted by molar-refractivity contribution is -0.393. The lowest BCUT2D eigenvalue weighted by Crippen LogP contribution is -2.56. The highest BCUT2D eigenvalue weighted by Crippen LogP contribution is 2.55. The fourth-order valence-electron chi connectivity index (χ4n) is 6.91. The number of nitrogens with zero attached hydrogens (tertiary/aromatic N) is 1. The molecule has 1 aliphatic carbocycles. The van der Waals surface area contributed by atoms with Crippen molar-refractivity contribution in [3.8, 4) is 0 Å². The molecule has 1 atom stereocenters.